The number of carbonyl (C=O) groups is 1. The number of phenolic OH excluding ortho intramolecular Hbond substituents is 1. The van der Waals surface area contributed by atoms with E-state index in [2.05, 4.69) is 20.9 Å². The number of nitrogens with zero attached hydrogens (tertiary/aromatic N) is 2. The van der Waals surface area contributed by atoms with Crippen LogP contribution in [0, 0.1) is 0 Å². The highest BCUT2D eigenvalue weighted by Crippen LogP contribution is 2.28. The first-order valence-corrected chi connectivity index (χ1v) is 7.44. The fraction of sp³-hybridized carbons (Fsp3) is 0. The van der Waals surface area contributed by atoms with Crippen molar-refractivity contribution in [1.82, 2.24) is 4.98 Å². The number of hydrogen-bond acceptors (Lipinski definition) is 5. The van der Waals surface area contributed by atoms with Gasteiger partial charge in [-0.2, -0.15) is 0 Å². The number of thiocarbonyl (C=S) groups is 1. The van der Waals surface area contributed by atoms with Gasteiger partial charge >= 0.3 is 5.91 Å². The van der Waals surface area contributed by atoms with Crippen LogP contribution in [0.15, 0.2) is 52.8 Å². The maximum absolute atomic E-state index is 12.4. The van der Waals surface area contributed by atoms with Gasteiger partial charge in [0, 0.05) is 6.20 Å². The van der Waals surface area contributed by atoms with Gasteiger partial charge in [0.05, 0.1) is 4.47 Å². The lowest BCUT2D eigenvalue weighted by molar-refractivity contribution is -0.114. The van der Waals surface area contributed by atoms with Crippen LogP contribution in [0.25, 0.3) is 6.08 Å². The molecule has 1 fully saturated rings. The number of halogens is 1. The van der Waals surface area contributed by atoms with E-state index in [-0.39, 0.29) is 22.6 Å². The van der Waals surface area contributed by atoms with Crippen molar-refractivity contribution in [2.45, 2.75) is 0 Å². The molecule has 2 aromatic rings. The van der Waals surface area contributed by atoms with Gasteiger partial charge < -0.3 is 9.84 Å². The molecule has 1 aromatic heterocycles. The summed E-state index contributed by atoms with van der Waals surface area (Å²) < 4.78 is 5.89. The van der Waals surface area contributed by atoms with Crippen LogP contribution in [0.3, 0.4) is 0 Å². The molecule has 22 heavy (non-hydrogen) atoms. The van der Waals surface area contributed by atoms with Crippen molar-refractivity contribution in [3.05, 3.63) is 58.4 Å². The highest BCUT2D eigenvalue weighted by Gasteiger charge is 2.35. The number of aromatic nitrogens is 1. The highest BCUT2D eigenvalue weighted by molar-refractivity contribution is 9.10. The van der Waals surface area contributed by atoms with Gasteiger partial charge in [0.2, 0.25) is 0 Å². The maximum atomic E-state index is 12.4. The Hall–Kier alpha value is -2.25. The molecule has 1 aliphatic rings. The summed E-state index contributed by atoms with van der Waals surface area (Å²) in [5, 5.41) is 9.52. The Morgan fingerprint density at radius 2 is 2.14 bits per heavy atom. The zero-order valence-corrected chi connectivity index (χ0v) is 13.5. The Kier molecular flexibility index (Phi) is 3.91. The van der Waals surface area contributed by atoms with Crippen molar-refractivity contribution in [1.29, 1.82) is 0 Å². The van der Waals surface area contributed by atoms with Crippen LogP contribution in [-0.2, 0) is 9.53 Å². The van der Waals surface area contributed by atoms with E-state index in [4.69, 9.17) is 17.0 Å². The second-order valence-electron chi connectivity index (χ2n) is 4.42. The molecule has 1 saturated heterocycles. The lowest BCUT2D eigenvalue weighted by Crippen LogP contribution is -2.28. The average molecular weight is 377 g/mol. The van der Waals surface area contributed by atoms with Crippen molar-refractivity contribution in [2.24, 2.45) is 0 Å². The molecular formula is C15H9BrN2O3S. The van der Waals surface area contributed by atoms with Crippen molar-refractivity contribution in [3.63, 3.8) is 0 Å². The third kappa shape index (κ3) is 2.72. The van der Waals surface area contributed by atoms with E-state index in [1.165, 1.54) is 11.0 Å². The summed E-state index contributed by atoms with van der Waals surface area (Å²) >= 11 is 8.31. The molecule has 1 aromatic carbocycles. The van der Waals surface area contributed by atoms with Crippen LogP contribution < -0.4 is 4.90 Å². The van der Waals surface area contributed by atoms with Crippen LogP contribution in [0.5, 0.6) is 5.75 Å². The second-order valence-corrected chi connectivity index (χ2v) is 5.62. The first-order chi connectivity index (χ1) is 10.6. The van der Waals surface area contributed by atoms with E-state index in [9.17, 15) is 9.90 Å². The highest BCUT2D eigenvalue weighted by atomic mass is 79.9. The summed E-state index contributed by atoms with van der Waals surface area (Å²) in [4.78, 5) is 17.7. The molecule has 7 heteroatoms. The van der Waals surface area contributed by atoms with E-state index < -0.39 is 0 Å². The molecule has 0 unspecified atom stereocenters. The molecule has 5 nitrogen and oxygen atoms in total. The quantitative estimate of drug-likeness (QED) is 0.643. The largest absolute Gasteiger partial charge is 0.507 e. The summed E-state index contributed by atoms with van der Waals surface area (Å²) in [7, 11) is 0. The van der Waals surface area contributed by atoms with Crippen molar-refractivity contribution in [3.8, 4) is 5.75 Å². The lowest BCUT2D eigenvalue weighted by Gasteiger charge is -2.09. The van der Waals surface area contributed by atoms with Gasteiger partial charge in [-0.05, 0) is 64.1 Å². The Bertz CT molecular complexity index is 793. The van der Waals surface area contributed by atoms with Crippen LogP contribution in [0.4, 0.5) is 5.82 Å². The van der Waals surface area contributed by atoms with Crippen LogP contribution in [0.1, 0.15) is 5.56 Å². The number of ether oxygens (including phenoxy) is 1. The third-order valence-electron chi connectivity index (χ3n) is 2.94. The Morgan fingerprint density at radius 1 is 1.32 bits per heavy atom. The second kappa shape index (κ2) is 5.86. The number of pyridine rings is 1. The molecule has 1 aliphatic heterocycles. The van der Waals surface area contributed by atoms with Crippen molar-refractivity contribution in [2.75, 3.05) is 4.90 Å². The predicted molar refractivity (Wildman–Crippen MR) is 89.2 cm³/mol. The van der Waals surface area contributed by atoms with Gasteiger partial charge in [0.1, 0.15) is 11.6 Å². The molecule has 0 saturated carbocycles. The standard InChI is InChI=1S/C15H9BrN2O3S/c16-10-7-9(4-5-11(10)19)8-12-14(20)18(15(22)21-12)13-3-1-2-6-17-13/h1-8,19H/b12-8+. The van der Waals surface area contributed by atoms with E-state index in [1.54, 1.807) is 42.6 Å². The lowest BCUT2D eigenvalue weighted by atomic mass is 10.2. The monoisotopic (exact) mass is 376 g/mol. The minimum absolute atomic E-state index is 0.0350. The predicted octanol–water partition coefficient (Wildman–Crippen LogP) is 3.24. The zero-order chi connectivity index (χ0) is 15.7. The number of rotatable bonds is 2. The number of hydrogen-bond donors (Lipinski definition) is 1. The molecule has 3 rings (SSSR count). The van der Waals surface area contributed by atoms with Gasteiger partial charge in [-0.15, -0.1) is 0 Å². The number of carbonyl (C=O) groups excluding carboxylic acids is 1. The smallest absolute Gasteiger partial charge is 0.302 e. The van der Waals surface area contributed by atoms with Gasteiger partial charge in [0.15, 0.2) is 5.76 Å². The van der Waals surface area contributed by atoms with Crippen molar-refractivity contribution >= 4 is 51.1 Å². The fourth-order valence-corrected chi connectivity index (χ4v) is 2.58. The Labute approximate surface area is 140 Å². The molecule has 110 valence electrons. The maximum Gasteiger partial charge on any atom is 0.302 e. The normalized spacial score (nSPS) is 16.2. The minimum Gasteiger partial charge on any atom is -0.507 e. The third-order valence-corrected chi connectivity index (χ3v) is 3.84. The fourth-order valence-electron chi connectivity index (χ4n) is 1.92. The van der Waals surface area contributed by atoms with Crippen LogP contribution in [0.2, 0.25) is 0 Å². The summed E-state index contributed by atoms with van der Waals surface area (Å²) in [5.74, 6) is 0.250. The first kappa shape index (κ1) is 14.7. The van der Waals surface area contributed by atoms with Gasteiger partial charge in [-0.25, -0.2) is 9.88 Å². The summed E-state index contributed by atoms with van der Waals surface area (Å²) in [5.41, 5.74) is 0.693. The number of amides is 1. The number of aromatic hydroxyl groups is 1. The molecule has 2 heterocycles. The molecule has 0 bridgehead atoms. The van der Waals surface area contributed by atoms with Crippen molar-refractivity contribution < 1.29 is 14.6 Å². The molecule has 0 aliphatic carbocycles. The topological polar surface area (TPSA) is 62.7 Å². The van der Waals surface area contributed by atoms with Gasteiger partial charge in [0.25, 0.3) is 5.17 Å². The summed E-state index contributed by atoms with van der Waals surface area (Å²) in [6.07, 6.45) is 3.13. The molecular weight excluding hydrogens is 368 g/mol. The summed E-state index contributed by atoms with van der Waals surface area (Å²) in [6, 6.07) is 10.0. The first-order valence-electron chi connectivity index (χ1n) is 6.24. The summed E-state index contributed by atoms with van der Waals surface area (Å²) in [6.45, 7) is 0. The molecule has 0 atom stereocenters. The SMILES string of the molecule is O=C1/C(=C\c2ccc(O)c(Br)c2)OC(=S)N1c1ccccn1. The zero-order valence-electron chi connectivity index (χ0n) is 11.1. The number of phenols is 1. The molecule has 0 spiro atoms. The number of benzene rings is 1. The van der Waals surface area contributed by atoms with Gasteiger partial charge in [-0.3, -0.25) is 4.79 Å². The Morgan fingerprint density at radius 3 is 2.82 bits per heavy atom. The van der Waals surface area contributed by atoms with Gasteiger partial charge in [-0.1, -0.05) is 12.1 Å². The number of anilines is 1. The average Bonchev–Trinajstić information content (AvgIpc) is 2.78. The van der Waals surface area contributed by atoms with E-state index in [0.29, 0.717) is 15.9 Å². The van der Waals surface area contributed by atoms with Crippen LogP contribution in [-0.4, -0.2) is 21.2 Å². The molecule has 0 radical (unpaired) electrons. The molecule has 1 N–H and O–H groups in total. The molecule has 1 amide bonds. The Balaban J connectivity index is 1.93. The van der Waals surface area contributed by atoms with Crippen LogP contribution >= 0.6 is 28.1 Å². The minimum atomic E-state index is -0.382. The van der Waals surface area contributed by atoms with E-state index in [0.717, 1.165) is 0 Å². The van der Waals surface area contributed by atoms with E-state index >= 15 is 0 Å². The van der Waals surface area contributed by atoms with E-state index in [1.807, 2.05) is 0 Å².